The van der Waals surface area contributed by atoms with Gasteiger partial charge in [-0.3, -0.25) is 4.79 Å². The number of carbonyl (C=O) groups excluding carboxylic acids is 1. The van der Waals surface area contributed by atoms with Crippen LogP contribution < -0.4 is 5.32 Å². The van der Waals surface area contributed by atoms with Crippen molar-refractivity contribution in [3.05, 3.63) is 0 Å². The number of halogens is 1. The highest BCUT2D eigenvalue weighted by Crippen LogP contribution is 2.31. The van der Waals surface area contributed by atoms with Gasteiger partial charge in [-0.25, -0.2) is 0 Å². The minimum absolute atomic E-state index is 0. The van der Waals surface area contributed by atoms with Crippen LogP contribution in [0.15, 0.2) is 0 Å². The molecule has 1 N–H and O–H groups in total. The first-order valence-electron chi connectivity index (χ1n) is 4.63. The summed E-state index contributed by atoms with van der Waals surface area (Å²) in [5.74, 6) is 0.141. The Bertz CT molecular complexity index is 186. The van der Waals surface area contributed by atoms with Crippen LogP contribution in [-0.4, -0.2) is 25.2 Å². The molecule has 3 atom stereocenters. The van der Waals surface area contributed by atoms with Crippen LogP contribution in [0.1, 0.15) is 25.7 Å². The van der Waals surface area contributed by atoms with Gasteiger partial charge in [-0.05, 0) is 25.7 Å². The fourth-order valence-corrected chi connectivity index (χ4v) is 2.42. The number of piperidine rings is 1. The van der Waals surface area contributed by atoms with Crippen molar-refractivity contribution in [3.63, 3.8) is 0 Å². The van der Waals surface area contributed by atoms with E-state index >= 15 is 0 Å². The van der Waals surface area contributed by atoms with Crippen molar-refractivity contribution in [2.24, 2.45) is 5.92 Å². The van der Waals surface area contributed by atoms with Crippen LogP contribution >= 0.6 is 12.4 Å². The van der Waals surface area contributed by atoms with Gasteiger partial charge in [0.2, 0.25) is 0 Å². The molecule has 0 amide bonds. The zero-order chi connectivity index (χ0) is 8.55. The summed E-state index contributed by atoms with van der Waals surface area (Å²) in [6.07, 6.45) is 4.42. The Morgan fingerprint density at radius 1 is 1.31 bits per heavy atom. The first kappa shape index (κ1) is 10.8. The summed E-state index contributed by atoms with van der Waals surface area (Å²) in [4.78, 5) is 11.2. The van der Waals surface area contributed by atoms with Gasteiger partial charge in [0, 0.05) is 12.1 Å². The zero-order valence-electron chi connectivity index (χ0n) is 7.79. The first-order chi connectivity index (χ1) is 5.79. The summed E-state index contributed by atoms with van der Waals surface area (Å²) in [6.45, 7) is 0. The van der Waals surface area contributed by atoms with Crippen LogP contribution in [0.25, 0.3) is 0 Å². The Labute approximate surface area is 84.6 Å². The van der Waals surface area contributed by atoms with Crippen molar-refractivity contribution >= 4 is 18.4 Å². The van der Waals surface area contributed by atoms with E-state index in [0.717, 1.165) is 12.8 Å². The summed E-state index contributed by atoms with van der Waals surface area (Å²) >= 11 is 0. The van der Waals surface area contributed by atoms with Crippen LogP contribution in [0.3, 0.4) is 0 Å². The Morgan fingerprint density at radius 2 is 1.85 bits per heavy atom. The lowest BCUT2D eigenvalue weighted by Crippen LogP contribution is -2.40. The maximum absolute atomic E-state index is 11.2. The van der Waals surface area contributed by atoms with Crippen molar-refractivity contribution in [2.45, 2.75) is 37.8 Å². The van der Waals surface area contributed by atoms with Crippen LogP contribution in [0, 0.1) is 5.92 Å². The lowest BCUT2D eigenvalue weighted by Gasteiger charge is -2.26. The summed E-state index contributed by atoms with van der Waals surface area (Å²) in [5.41, 5.74) is 0. The molecule has 0 spiro atoms. The number of rotatable bonds is 1. The predicted molar refractivity (Wildman–Crippen MR) is 51.9 cm³/mol. The molecule has 0 radical (unpaired) electrons. The maximum atomic E-state index is 11.2. The number of esters is 1. The van der Waals surface area contributed by atoms with Crippen LogP contribution in [0.5, 0.6) is 0 Å². The van der Waals surface area contributed by atoms with E-state index in [1.807, 2.05) is 0 Å². The van der Waals surface area contributed by atoms with Gasteiger partial charge in [-0.2, -0.15) is 0 Å². The Kier molecular flexibility index (Phi) is 3.56. The lowest BCUT2D eigenvalue weighted by molar-refractivity contribution is -0.146. The number of ether oxygens (including phenoxy) is 1. The molecule has 2 aliphatic heterocycles. The molecule has 0 aromatic heterocycles. The van der Waals surface area contributed by atoms with Crippen LogP contribution in [-0.2, 0) is 9.53 Å². The SMILES string of the molecule is COC(=O)C1C[C@H]2CC[C@@H](C1)N2.Cl. The molecular formula is C9H16ClNO2. The summed E-state index contributed by atoms with van der Waals surface area (Å²) in [6, 6.07) is 1.15. The molecule has 2 bridgehead atoms. The monoisotopic (exact) mass is 205 g/mol. The van der Waals surface area contributed by atoms with E-state index in [1.165, 1.54) is 20.0 Å². The third-order valence-corrected chi connectivity index (χ3v) is 3.01. The van der Waals surface area contributed by atoms with Crippen LogP contribution in [0.2, 0.25) is 0 Å². The Hall–Kier alpha value is -0.280. The largest absolute Gasteiger partial charge is 0.469 e. The van der Waals surface area contributed by atoms with Crippen LogP contribution in [0.4, 0.5) is 0 Å². The van der Waals surface area contributed by atoms with E-state index in [2.05, 4.69) is 5.32 Å². The smallest absolute Gasteiger partial charge is 0.308 e. The predicted octanol–water partition coefficient (Wildman–Crippen LogP) is 1.11. The third-order valence-electron chi connectivity index (χ3n) is 3.01. The second-order valence-electron chi connectivity index (χ2n) is 3.83. The zero-order valence-corrected chi connectivity index (χ0v) is 8.60. The standard InChI is InChI=1S/C9H15NO2.ClH/c1-12-9(11)6-4-7-2-3-8(5-6)10-7;/h6-8,10H,2-5H2,1H3;1H/t6?,7-,8+;. The highest BCUT2D eigenvalue weighted by Gasteiger charge is 2.36. The third kappa shape index (κ3) is 2.15. The van der Waals surface area contributed by atoms with Gasteiger partial charge in [0.15, 0.2) is 0 Å². The second-order valence-corrected chi connectivity index (χ2v) is 3.83. The number of hydrogen-bond acceptors (Lipinski definition) is 3. The topological polar surface area (TPSA) is 38.3 Å². The van der Waals surface area contributed by atoms with Crippen molar-refractivity contribution in [3.8, 4) is 0 Å². The molecule has 1 unspecified atom stereocenters. The van der Waals surface area contributed by atoms with Gasteiger partial charge in [0.1, 0.15) is 0 Å². The molecular weight excluding hydrogens is 190 g/mol. The fourth-order valence-electron chi connectivity index (χ4n) is 2.42. The molecule has 4 heteroatoms. The molecule has 2 saturated heterocycles. The lowest BCUT2D eigenvalue weighted by atomic mass is 9.93. The highest BCUT2D eigenvalue weighted by molar-refractivity contribution is 5.85. The number of methoxy groups -OCH3 is 1. The van der Waals surface area contributed by atoms with Gasteiger partial charge in [0.05, 0.1) is 13.0 Å². The molecule has 2 fully saturated rings. The van der Waals surface area contributed by atoms with Crippen molar-refractivity contribution < 1.29 is 9.53 Å². The van der Waals surface area contributed by atoms with E-state index in [0.29, 0.717) is 12.1 Å². The van der Waals surface area contributed by atoms with Gasteiger partial charge < -0.3 is 10.1 Å². The van der Waals surface area contributed by atoms with E-state index in [-0.39, 0.29) is 24.3 Å². The molecule has 0 aromatic carbocycles. The summed E-state index contributed by atoms with van der Waals surface area (Å²) in [5, 5.41) is 3.49. The molecule has 3 nitrogen and oxygen atoms in total. The minimum Gasteiger partial charge on any atom is -0.469 e. The highest BCUT2D eigenvalue weighted by atomic mass is 35.5. The quantitative estimate of drug-likeness (QED) is 0.652. The minimum atomic E-state index is -0.0200. The van der Waals surface area contributed by atoms with Crippen molar-refractivity contribution in [1.82, 2.24) is 5.32 Å². The fraction of sp³-hybridized carbons (Fsp3) is 0.889. The van der Waals surface area contributed by atoms with Gasteiger partial charge >= 0.3 is 5.97 Å². The van der Waals surface area contributed by atoms with Crippen molar-refractivity contribution in [2.75, 3.05) is 7.11 Å². The van der Waals surface area contributed by atoms with E-state index in [1.54, 1.807) is 0 Å². The van der Waals surface area contributed by atoms with E-state index < -0.39 is 0 Å². The number of carbonyl (C=O) groups is 1. The molecule has 2 rings (SSSR count). The molecule has 76 valence electrons. The number of fused-ring (bicyclic) bond motifs is 2. The molecule has 13 heavy (non-hydrogen) atoms. The molecule has 0 aromatic rings. The Morgan fingerprint density at radius 3 is 2.31 bits per heavy atom. The Balaban J connectivity index is 0.000000845. The molecule has 0 saturated carbocycles. The van der Waals surface area contributed by atoms with E-state index in [9.17, 15) is 4.79 Å². The van der Waals surface area contributed by atoms with Gasteiger partial charge in [0.25, 0.3) is 0 Å². The average molecular weight is 206 g/mol. The summed E-state index contributed by atoms with van der Waals surface area (Å²) in [7, 11) is 1.48. The normalized spacial score (nSPS) is 36.5. The average Bonchev–Trinajstić information content (AvgIpc) is 2.44. The molecule has 2 aliphatic rings. The first-order valence-corrected chi connectivity index (χ1v) is 4.63. The van der Waals surface area contributed by atoms with Gasteiger partial charge in [-0.15, -0.1) is 12.4 Å². The van der Waals surface area contributed by atoms with E-state index in [4.69, 9.17) is 4.74 Å². The number of hydrogen-bond donors (Lipinski definition) is 1. The number of nitrogens with one attached hydrogen (secondary N) is 1. The second kappa shape index (κ2) is 4.29. The molecule has 2 heterocycles. The van der Waals surface area contributed by atoms with Gasteiger partial charge in [-0.1, -0.05) is 0 Å². The maximum Gasteiger partial charge on any atom is 0.308 e. The summed E-state index contributed by atoms with van der Waals surface area (Å²) < 4.78 is 4.75. The van der Waals surface area contributed by atoms with Crippen molar-refractivity contribution in [1.29, 1.82) is 0 Å². The molecule has 0 aliphatic carbocycles.